The lowest BCUT2D eigenvalue weighted by Gasteiger charge is -2.05. The highest BCUT2D eigenvalue weighted by Gasteiger charge is 2.09. The van der Waals surface area contributed by atoms with Gasteiger partial charge in [0, 0.05) is 10.0 Å². The van der Waals surface area contributed by atoms with Crippen molar-refractivity contribution in [2.45, 2.75) is 0 Å². The van der Waals surface area contributed by atoms with E-state index in [-0.39, 0.29) is 5.56 Å². The summed E-state index contributed by atoms with van der Waals surface area (Å²) in [7, 11) is 0. The van der Waals surface area contributed by atoms with E-state index in [2.05, 4.69) is 25.9 Å². The quantitative estimate of drug-likeness (QED) is 0.730. The standard InChI is InChI=1S/C14H8BrClN2O/c15-8-5-6-11(16)10(7-8)13-17-12-4-2-1-3-9(12)14(19)18-13/h1-7H,(H,17,18,19). The fourth-order valence-corrected chi connectivity index (χ4v) is 2.46. The van der Waals surface area contributed by atoms with Crippen LogP contribution >= 0.6 is 27.5 Å². The number of hydrogen-bond acceptors (Lipinski definition) is 2. The summed E-state index contributed by atoms with van der Waals surface area (Å²) >= 11 is 9.53. The first-order valence-corrected chi connectivity index (χ1v) is 6.77. The van der Waals surface area contributed by atoms with E-state index in [0.717, 1.165) is 4.47 Å². The van der Waals surface area contributed by atoms with Crippen LogP contribution in [0.2, 0.25) is 5.02 Å². The number of benzene rings is 2. The minimum absolute atomic E-state index is 0.170. The Balaban J connectivity index is 2.31. The number of aromatic amines is 1. The fraction of sp³-hybridized carbons (Fsp3) is 0. The first-order chi connectivity index (χ1) is 9.15. The molecule has 1 aromatic heterocycles. The van der Waals surface area contributed by atoms with E-state index in [9.17, 15) is 4.79 Å². The van der Waals surface area contributed by atoms with Gasteiger partial charge in [0.05, 0.1) is 15.9 Å². The molecule has 94 valence electrons. The molecule has 1 N–H and O–H groups in total. The van der Waals surface area contributed by atoms with E-state index in [1.807, 2.05) is 24.3 Å². The van der Waals surface area contributed by atoms with Gasteiger partial charge >= 0.3 is 0 Å². The Morgan fingerprint density at radius 1 is 1.16 bits per heavy atom. The molecular weight excluding hydrogens is 328 g/mol. The van der Waals surface area contributed by atoms with Crippen molar-refractivity contribution in [1.82, 2.24) is 9.97 Å². The van der Waals surface area contributed by atoms with Crippen LogP contribution in [0.15, 0.2) is 51.7 Å². The van der Waals surface area contributed by atoms with Crippen LogP contribution in [0.25, 0.3) is 22.3 Å². The van der Waals surface area contributed by atoms with Crippen molar-refractivity contribution in [2.75, 3.05) is 0 Å². The number of H-pyrrole nitrogens is 1. The second-order valence-electron chi connectivity index (χ2n) is 4.06. The maximum absolute atomic E-state index is 12.0. The summed E-state index contributed by atoms with van der Waals surface area (Å²) in [4.78, 5) is 19.2. The molecule has 0 unspecified atom stereocenters. The lowest BCUT2D eigenvalue weighted by atomic mass is 10.2. The van der Waals surface area contributed by atoms with Gasteiger partial charge in [-0.1, -0.05) is 39.7 Å². The number of halogens is 2. The summed E-state index contributed by atoms with van der Waals surface area (Å²) < 4.78 is 0.878. The Labute approximate surface area is 122 Å². The minimum Gasteiger partial charge on any atom is -0.306 e. The molecule has 0 atom stereocenters. The lowest BCUT2D eigenvalue weighted by Crippen LogP contribution is -2.09. The van der Waals surface area contributed by atoms with Gasteiger partial charge in [-0.3, -0.25) is 4.79 Å². The van der Waals surface area contributed by atoms with E-state index in [4.69, 9.17) is 11.6 Å². The Hall–Kier alpha value is -1.65. The van der Waals surface area contributed by atoms with Crippen molar-refractivity contribution in [3.63, 3.8) is 0 Å². The second-order valence-corrected chi connectivity index (χ2v) is 5.38. The number of nitrogens with zero attached hydrogens (tertiary/aromatic N) is 1. The van der Waals surface area contributed by atoms with E-state index < -0.39 is 0 Å². The van der Waals surface area contributed by atoms with Gasteiger partial charge in [-0.25, -0.2) is 4.98 Å². The van der Waals surface area contributed by atoms with Gasteiger partial charge in [0.1, 0.15) is 5.82 Å². The minimum atomic E-state index is -0.170. The Kier molecular flexibility index (Phi) is 3.12. The van der Waals surface area contributed by atoms with Crippen LogP contribution in [0.4, 0.5) is 0 Å². The number of para-hydroxylation sites is 1. The third-order valence-corrected chi connectivity index (χ3v) is 3.62. The molecule has 3 nitrogen and oxygen atoms in total. The van der Waals surface area contributed by atoms with Gasteiger partial charge in [-0.05, 0) is 30.3 Å². The van der Waals surface area contributed by atoms with Crippen molar-refractivity contribution >= 4 is 38.4 Å². The third-order valence-electron chi connectivity index (χ3n) is 2.80. The molecule has 0 fully saturated rings. The molecule has 0 bridgehead atoms. The second kappa shape index (κ2) is 4.79. The third kappa shape index (κ3) is 2.29. The molecular formula is C14H8BrClN2O. The molecule has 19 heavy (non-hydrogen) atoms. The normalized spacial score (nSPS) is 10.8. The van der Waals surface area contributed by atoms with Crippen LogP contribution in [-0.2, 0) is 0 Å². The fourth-order valence-electron chi connectivity index (χ4n) is 1.89. The van der Waals surface area contributed by atoms with Crippen molar-refractivity contribution in [1.29, 1.82) is 0 Å². The summed E-state index contributed by atoms with van der Waals surface area (Å²) in [5.41, 5.74) is 1.17. The molecule has 0 saturated carbocycles. The van der Waals surface area contributed by atoms with Crippen LogP contribution in [0.1, 0.15) is 0 Å². The van der Waals surface area contributed by atoms with Gasteiger partial charge < -0.3 is 4.98 Å². The maximum Gasteiger partial charge on any atom is 0.259 e. The van der Waals surface area contributed by atoms with Crippen molar-refractivity contribution in [3.8, 4) is 11.4 Å². The first-order valence-electron chi connectivity index (χ1n) is 5.59. The van der Waals surface area contributed by atoms with Gasteiger partial charge in [0.15, 0.2) is 0 Å². The summed E-state index contributed by atoms with van der Waals surface area (Å²) in [6.45, 7) is 0. The number of hydrogen-bond donors (Lipinski definition) is 1. The molecule has 3 rings (SSSR count). The summed E-state index contributed by atoms with van der Waals surface area (Å²) in [6, 6.07) is 12.6. The van der Waals surface area contributed by atoms with Crippen molar-refractivity contribution in [3.05, 3.63) is 62.3 Å². The topological polar surface area (TPSA) is 45.8 Å². The highest BCUT2D eigenvalue weighted by atomic mass is 79.9. The molecule has 3 aromatic rings. The number of fused-ring (bicyclic) bond motifs is 1. The Morgan fingerprint density at radius 2 is 1.95 bits per heavy atom. The van der Waals surface area contributed by atoms with E-state index in [0.29, 0.717) is 27.3 Å². The molecule has 5 heteroatoms. The molecule has 0 amide bonds. The van der Waals surface area contributed by atoms with Gasteiger partial charge in [-0.15, -0.1) is 0 Å². The number of nitrogens with one attached hydrogen (secondary N) is 1. The highest BCUT2D eigenvalue weighted by Crippen LogP contribution is 2.28. The van der Waals surface area contributed by atoms with Gasteiger partial charge in [0.25, 0.3) is 5.56 Å². The molecule has 0 spiro atoms. The van der Waals surface area contributed by atoms with Crippen LogP contribution in [-0.4, -0.2) is 9.97 Å². The monoisotopic (exact) mass is 334 g/mol. The van der Waals surface area contributed by atoms with Crippen LogP contribution < -0.4 is 5.56 Å². The largest absolute Gasteiger partial charge is 0.306 e. The highest BCUT2D eigenvalue weighted by molar-refractivity contribution is 9.10. The zero-order chi connectivity index (χ0) is 13.4. The van der Waals surface area contributed by atoms with Crippen molar-refractivity contribution in [2.24, 2.45) is 0 Å². The van der Waals surface area contributed by atoms with E-state index in [1.165, 1.54) is 0 Å². The molecule has 0 saturated heterocycles. The average molecular weight is 336 g/mol. The molecule has 2 aromatic carbocycles. The van der Waals surface area contributed by atoms with E-state index in [1.54, 1.807) is 18.2 Å². The first kappa shape index (κ1) is 12.4. The molecule has 0 aliphatic carbocycles. The zero-order valence-electron chi connectivity index (χ0n) is 9.65. The smallest absolute Gasteiger partial charge is 0.259 e. The van der Waals surface area contributed by atoms with Gasteiger partial charge in [-0.2, -0.15) is 0 Å². The van der Waals surface area contributed by atoms with Crippen LogP contribution in [0.5, 0.6) is 0 Å². The van der Waals surface area contributed by atoms with Crippen LogP contribution in [0.3, 0.4) is 0 Å². The zero-order valence-corrected chi connectivity index (χ0v) is 12.0. The molecule has 0 radical (unpaired) electrons. The van der Waals surface area contributed by atoms with E-state index >= 15 is 0 Å². The summed E-state index contributed by atoms with van der Waals surface area (Å²) in [5.74, 6) is 0.468. The van der Waals surface area contributed by atoms with Crippen LogP contribution in [0, 0.1) is 0 Å². The summed E-state index contributed by atoms with van der Waals surface area (Å²) in [5, 5.41) is 1.11. The lowest BCUT2D eigenvalue weighted by molar-refractivity contribution is 1.18. The van der Waals surface area contributed by atoms with Gasteiger partial charge in [0.2, 0.25) is 0 Å². The molecule has 1 heterocycles. The summed E-state index contributed by atoms with van der Waals surface area (Å²) in [6.07, 6.45) is 0. The van der Waals surface area contributed by atoms with Crippen molar-refractivity contribution < 1.29 is 0 Å². The maximum atomic E-state index is 12.0. The Morgan fingerprint density at radius 3 is 2.79 bits per heavy atom. The molecule has 0 aliphatic rings. The molecule has 0 aliphatic heterocycles. The number of rotatable bonds is 1. The Bertz CT molecular complexity index is 829. The average Bonchev–Trinajstić information content (AvgIpc) is 2.41. The number of aromatic nitrogens is 2. The predicted octanol–water partition coefficient (Wildman–Crippen LogP) is 4.01. The SMILES string of the molecule is O=c1[nH]c(-c2cc(Br)ccc2Cl)nc2ccccc12. The predicted molar refractivity (Wildman–Crippen MR) is 80.5 cm³/mol.